The summed E-state index contributed by atoms with van der Waals surface area (Å²) in [4.78, 5) is 33.5. The van der Waals surface area contributed by atoms with Gasteiger partial charge in [-0.2, -0.15) is 0 Å². The maximum Gasteiger partial charge on any atom is 0.271 e. The molecule has 0 spiro atoms. The first-order valence-electron chi connectivity index (χ1n) is 10.3. The van der Waals surface area contributed by atoms with Crippen LogP contribution in [0.1, 0.15) is 20.3 Å². The third-order valence-corrected chi connectivity index (χ3v) is 5.02. The number of carbonyl (C=O) groups is 1. The number of amides is 1. The minimum absolute atomic E-state index is 0.00361. The van der Waals surface area contributed by atoms with Crippen LogP contribution < -0.4 is 21.5 Å². The van der Waals surface area contributed by atoms with Gasteiger partial charge in [0, 0.05) is 62.8 Å². The first-order valence-corrected chi connectivity index (χ1v) is 10.3. The molecule has 0 radical (unpaired) electrons. The molecule has 3 rings (SSSR count). The fourth-order valence-electron chi connectivity index (χ4n) is 3.37. The van der Waals surface area contributed by atoms with E-state index in [0.29, 0.717) is 31.4 Å². The van der Waals surface area contributed by atoms with Crippen LogP contribution in [0, 0.1) is 0 Å². The maximum atomic E-state index is 12.4. The Labute approximate surface area is 176 Å². The Morgan fingerprint density at radius 1 is 1.37 bits per heavy atom. The molecule has 8 heteroatoms. The number of pyridine rings is 2. The topological polar surface area (TPSA) is 102 Å². The van der Waals surface area contributed by atoms with Gasteiger partial charge in [0.1, 0.15) is 11.5 Å². The molecule has 1 fully saturated rings. The van der Waals surface area contributed by atoms with E-state index in [0.717, 1.165) is 23.4 Å². The molecular formula is C22H30N6O2. The number of aromatic nitrogens is 2. The number of nitrogens with one attached hydrogen (secondary N) is 4. The number of anilines is 2. The van der Waals surface area contributed by atoms with E-state index < -0.39 is 0 Å². The largest absolute Gasteiger partial charge is 0.376 e. The van der Waals surface area contributed by atoms with Crippen LogP contribution in [0.4, 0.5) is 11.5 Å². The average Bonchev–Trinajstić information content (AvgIpc) is 3.21. The Bertz CT molecular complexity index is 953. The minimum Gasteiger partial charge on any atom is -0.376 e. The van der Waals surface area contributed by atoms with E-state index in [1.54, 1.807) is 18.5 Å². The van der Waals surface area contributed by atoms with Crippen LogP contribution in [0.2, 0.25) is 0 Å². The van der Waals surface area contributed by atoms with Gasteiger partial charge in [-0.3, -0.25) is 9.59 Å². The van der Waals surface area contributed by atoms with Crippen LogP contribution in [-0.4, -0.2) is 59.5 Å². The normalized spacial score (nSPS) is 16.4. The Hall–Kier alpha value is -3.13. The smallest absolute Gasteiger partial charge is 0.271 e. The standard InChI is InChI=1S/C22H30N6O2/c1-15(2)24-8-4-5-21(29)28-10-7-18(14-28)27-19-11-17(13-26-22(19)30)16-6-9-25-20(12-16)23-3/h4-6,9,11-13,15,18,24,27H,7-8,10,14H2,1-3H3,(H,23,25)(H,26,30)/b5-4+. The number of hydrogen-bond acceptors (Lipinski definition) is 6. The van der Waals surface area contributed by atoms with Gasteiger partial charge >= 0.3 is 0 Å². The van der Waals surface area contributed by atoms with Gasteiger partial charge in [-0.25, -0.2) is 4.98 Å². The van der Waals surface area contributed by atoms with E-state index >= 15 is 0 Å². The summed E-state index contributed by atoms with van der Waals surface area (Å²) in [6.07, 6.45) is 7.69. The molecular weight excluding hydrogens is 380 g/mol. The van der Waals surface area contributed by atoms with Gasteiger partial charge in [-0.05, 0) is 30.2 Å². The number of likely N-dealkylation sites (tertiary alicyclic amines) is 1. The zero-order valence-corrected chi connectivity index (χ0v) is 17.7. The first kappa shape index (κ1) is 21.6. The van der Waals surface area contributed by atoms with Gasteiger partial charge < -0.3 is 25.8 Å². The van der Waals surface area contributed by atoms with Crippen LogP contribution in [0.5, 0.6) is 0 Å². The second-order valence-corrected chi connectivity index (χ2v) is 7.69. The molecule has 3 heterocycles. The molecule has 1 amide bonds. The van der Waals surface area contributed by atoms with Crippen molar-refractivity contribution in [2.24, 2.45) is 0 Å². The van der Waals surface area contributed by atoms with Gasteiger partial charge in [0.05, 0.1) is 0 Å². The van der Waals surface area contributed by atoms with E-state index in [-0.39, 0.29) is 17.5 Å². The van der Waals surface area contributed by atoms with Crippen molar-refractivity contribution in [3.63, 3.8) is 0 Å². The van der Waals surface area contributed by atoms with Crippen molar-refractivity contribution in [2.75, 3.05) is 37.3 Å². The molecule has 0 aromatic carbocycles. The Morgan fingerprint density at radius 2 is 2.20 bits per heavy atom. The van der Waals surface area contributed by atoms with Crippen molar-refractivity contribution in [2.45, 2.75) is 32.4 Å². The maximum absolute atomic E-state index is 12.4. The zero-order valence-electron chi connectivity index (χ0n) is 17.7. The van der Waals surface area contributed by atoms with Gasteiger partial charge in [0.15, 0.2) is 0 Å². The fraction of sp³-hybridized carbons (Fsp3) is 0.409. The van der Waals surface area contributed by atoms with Gasteiger partial charge in [0.2, 0.25) is 5.91 Å². The number of rotatable bonds is 8. The minimum atomic E-state index is -0.175. The van der Waals surface area contributed by atoms with E-state index in [4.69, 9.17) is 0 Å². The fourth-order valence-corrected chi connectivity index (χ4v) is 3.37. The second kappa shape index (κ2) is 10.1. The predicted octanol–water partition coefficient (Wildman–Crippen LogP) is 2.05. The highest BCUT2D eigenvalue weighted by atomic mass is 16.2. The molecule has 0 bridgehead atoms. The van der Waals surface area contributed by atoms with Crippen molar-refractivity contribution in [1.82, 2.24) is 20.2 Å². The number of hydrogen-bond donors (Lipinski definition) is 4. The predicted molar refractivity (Wildman–Crippen MR) is 121 cm³/mol. The summed E-state index contributed by atoms with van der Waals surface area (Å²) in [7, 11) is 1.81. The Kier molecular flexibility index (Phi) is 7.24. The molecule has 2 aromatic rings. The third-order valence-electron chi connectivity index (χ3n) is 5.02. The zero-order chi connectivity index (χ0) is 21.5. The van der Waals surface area contributed by atoms with Crippen LogP contribution in [0.25, 0.3) is 11.1 Å². The highest BCUT2D eigenvalue weighted by molar-refractivity contribution is 5.87. The van der Waals surface area contributed by atoms with Gasteiger partial charge in [0.25, 0.3) is 5.56 Å². The van der Waals surface area contributed by atoms with Gasteiger partial charge in [-0.15, -0.1) is 0 Å². The second-order valence-electron chi connectivity index (χ2n) is 7.69. The third kappa shape index (κ3) is 5.70. The van der Waals surface area contributed by atoms with Crippen molar-refractivity contribution >= 4 is 17.4 Å². The average molecular weight is 411 g/mol. The lowest BCUT2D eigenvalue weighted by molar-refractivity contribution is -0.125. The molecule has 4 N–H and O–H groups in total. The monoisotopic (exact) mass is 410 g/mol. The van der Waals surface area contributed by atoms with Crippen LogP contribution >= 0.6 is 0 Å². The molecule has 1 atom stereocenters. The number of H-pyrrole nitrogens is 1. The SMILES string of the molecule is CNc1cc(-c2c[nH]c(=O)c(NC3CCN(C(=O)/C=C/CNC(C)C)C3)c2)ccn1. The Balaban J connectivity index is 1.63. The molecule has 2 aromatic heterocycles. The molecule has 1 saturated heterocycles. The lowest BCUT2D eigenvalue weighted by Gasteiger charge is -2.16. The first-order chi connectivity index (χ1) is 14.5. The summed E-state index contributed by atoms with van der Waals surface area (Å²) in [5.74, 6) is 0.763. The Morgan fingerprint density at radius 3 is 2.97 bits per heavy atom. The number of aromatic amines is 1. The summed E-state index contributed by atoms with van der Waals surface area (Å²) in [5.41, 5.74) is 2.18. The molecule has 8 nitrogen and oxygen atoms in total. The molecule has 0 aliphatic carbocycles. The summed E-state index contributed by atoms with van der Waals surface area (Å²) < 4.78 is 0. The molecule has 1 unspecified atom stereocenters. The molecule has 30 heavy (non-hydrogen) atoms. The van der Waals surface area contributed by atoms with E-state index in [1.165, 1.54) is 0 Å². The van der Waals surface area contributed by atoms with Crippen LogP contribution in [-0.2, 0) is 4.79 Å². The van der Waals surface area contributed by atoms with Crippen molar-refractivity contribution in [3.8, 4) is 11.1 Å². The molecule has 0 saturated carbocycles. The number of carbonyl (C=O) groups excluding carboxylic acids is 1. The van der Waals surface area contributed by atoms with E-state index in [2.05, 4.69) is 39.8 Å². The van der Waals surface area contributed by atoms with E-state index in [1.807, 2.05) is 36.2 Å². The lowest BCUT2D eigenvalue weighted by Crippen LogP contribution is -2.31. The molecule has 160 valence electrons. The summed E-state index contributed by atoms with van der Waals surface area (Å²) >= 11 is 0. The van der Waals surface area contributed by atoms with Crippen molar-refractivity contribution in [3.05, 3.63) is 53.1 Å². The lowest BCUT2D eigenvalue weighted by atomic mass is 10.1. The summed E-state index contributed by atoms with van der Waals surface area (Å²) in [6.45, 7) is 6.05. The van der Waals surface area contributed by atoms with Crippen molar-refractivity contribution < 1.29 is 4.79 Å². The highest BCUT2D eigenvalue weighted by Gasteiger charge is 2.25. The quantitative estimate of drug-likeness (QED) is 0.497. The summed E-state index contributed by atoms with van der Waals surface area (Å²) in [6, 6.07) is 6.09. The highest BCUT2D eigenvalue weighted by Crippen LogP contribution is 2.22. The van der Waals surface area contributed by atoms with Crippen LogP contribution in [0.15, 0.2) is 47.5 Å². The molecule has 1 aliphatic rings. The van der Waals surface area contributed by atoms with E-state index in [9.17, 15) is 9.59 Å². The van der Waals surface area contributed by atoms with Crippen LogP contribution in [0.3, 0.4) is 0 Å². The number of nitrogens with zero attached hydrogens (tertiary/aromatic N) is 2. The molecule has 1 aliphatic heterocycles. The van der Waals surface area contributed by atoms with Gasteiger partial charge in [-0.1, -0.05) is 19.9 Å². The van der Waals surface area contributed by atoms with Crippen molar-refractivity contribution in [1.29, 1.82) is 0 Å². The summed E-state index contributed by atoms with van der Waals surface area (Å²) in [5, 5.41) is 9.57.